The predicted octanol–water partition coefficient (Wildman–Crippen LogP) is 3.71. The van der Waals surface area contributed by atoms with Crippen molar-refractivity contribution in [2.75, 3.05) is 0 Å². The molecule has 1 aromatic carbocycles. The van der Waals surface area contributed by atoms with E-state index in [1.165, 1.54) is 12.1 Å². The lowest BCUT2D eigenvalue weighted by atomic mass is 10.0. The molecule has 0 radical (unpaired) electrons. The Hall–Kier alpha value is -2.74. The average molecular weight is 352 g/mol. The highest BCUT2D eigenvalue weighted by molar-refractivity contribution is 6.33. The van der Waals surface area contributed by atoms with Crippen molar-refractivity contribution in [2.45, 2.75) is 18.4 Å². The van der Waals surface area contributed by atoms with Crippen LogP contribution in [0.25, 0.3) is 11.3 Å². The van der Waals surface area contributed by atoms with E-state index in [2.05, 4.69) is 10.3 Å². The van der Waals surface area contributed by atoms with Gasteiger partial charge >= 0.3 is 6.09 Å². The Balaban J connectivity index is 1.96. The van der Waals surface area contributed by atoms with Crippen LogP contribution < -0.4 is 5.32 Å². The van der Waals surface area contributed by atoms with Gasteiger partial charge in [0, 0.05) is 17.2 Å². The highest BCUT2D eigenvalue weighted by atomic mass is 35.5. The Bertz CT molecular complexity index is 855. The Morgan fingerprint density at radius 3 is 2.62 bits per heavy atom. The van der Waals surface area contributed by atoms with Crippen LogP contribution in [0.4, 0.5) is 14.9 Å². The lowest BCUT2D eigenvalue weighted by Crippen LogP contribution is -2.34. The normalized spacial score (nSPS) is 14.9. The van der Waals surface area contributed by atoms with E-state index in [1.54, 1.807) is 6.07 Å². The maximum absolute atomic E-state index is 14.4. The van der Waals surface area contributed by atoms with Crippen LogP contribution in [0.3, 0.4) is 0 Å². The summed E-state index contributed by atoms with van der Waals surface area (Å²) in [5.41, 5.74) is -0.331. The SMILES string of the molecule is O=C(O)NC1(c2ccc(-c3ncc([N+](=O)[O-])cc3Cl)cc2F)CC1. The van der Waals surface area contributed by atoms with Gasteiger partial charge in [0.2, 0.25) is 0 Å². The minimum absolute atomic E-state index is 0.0288. The molecule has 1 aromatic heterocycles. The smallest absolute Gasteiger partial charge is 0.405 e. The van der Waals surface area contributed by atoms with E-state index in [9.17, 15) is 19.3 Å². The Kier molecular flexibility index (Phi) is 3.84. The number of rotatable bonds is 4. The molecule has 7 nitrogen and oxygen atoms in total. The molecule has 2 N–H and O–H groups in total. The summed E-state index contributed by atoms with van der Waals surface area (Å²) in [6, 6.07) is 5.37. The van der Waals surface area contributed by atoms with Crippen molar-refractivity contribution >= 4 is 23.4 Å². The van der Waals surface area contributed by atoms with E-state index in [0.717, 1.165) is 12.3 Å². The van der Waals surface area contributed by atoms with E-state index < -0.39 is 22.4 Å². The topological polar surface area (TPSA) is 105 Å². The highest BCUT2D eigenvalue weighted by Crippen LogP contribution is 2.47. The minimum Gasteiger partial charge on any atom is -0.465 e. The molecule has 1 aliphatic rings. The molecular weight excluding hydrogens is 341 g/mol. The molecule has 2 aromatic rings. The summed E-state index contributed by atoms with van der Waals surface area (Å²) in [4.78, 5) is 24.8. The molecular formula is C15H11ClFN3O4. The van der Waals surface area contributed by atoms with Gasteiger partial charge in [0.25, 0.3) is 5.69 Å². The van der Waals surface area contributed by atoms with E-state index in [1.807, 2.05) is 0 Å². The van der Waals surface area contributed by atoms with E-state index in [-0.39, 0.29) is 22.0 Å². The lowest BCUT2D eigenvalue weighted by Gasteiger charge is -2.17. The van der Waals surface area contributed by atoms with E-state index in [0.29, 0.717) is 18.4 Å². The highest BCUT2D eigenvalue weighted by Gasteiger charge is 2.47. The number of carboxylic acid groups (broad SMARTS) is 1. The van der Waals surface area contributed by atoms with Gasteiger partial charge in [-0.25, -0.2) is 14.2 Å². The minimum atomic E-state index is -1.21. The summed E-state index contributed by atoms with van der Waals surface area (Å²) in [5.74, 6) is -0.588. The van der Waals surface area contributed by atoms with Crippen LogP contribution in [0.2, 0.25) is 5.02 Å². The van der Waals surface area contributed by atoms with E-state index in [4.69, 9.17) is 16.7 Å². The van der Waals surface area contributed by atoms with Crippen LogP contribution in [0.5, 0.6) is 0 Å². The fraction of sp³-hybridized carbons (Fsp3) is 0.200. The number of pyridine rings is 1. The molecule has 0 bridgehead atoms. The molecule has 1 fully saturated rings. The zero-order valence-corrected chi connectivity index (χ0v) is 12.9. The molecule has 0 saturated heterocycles. The van der Waals surface area contributed by atoms with Gasteiger partial charge in [-0.3, -0.25) is 10.1 Å². The number of aromatic nitrogens is 1. The first kappa shape index (κ1) is 16.1. The van der Waals surface area contributed by atoms with Crippen molar-refractivity contribution in [2.24, 2.45) is 0 Å². The second-order valence-electron chi connectivity index (χ2n) is 5.49. The third kappa shape index (κ3) is 2.88. The van der Waals surface area contributed by atoms with Crippen LogP contribution in [-0.4, -0.2) is 21.1 Å². The zero-order chi connectivity index (χ0) is 17.5. The second-order valence-corrected chi connectivity index (χ2v) is 5.90. The Labute approximate surface area is 140 Å². The summed E-state index contributed by atoms with van der Waals surface area (Å²) in [6.07, 6.45) is 0.871. The Morgan fingerprint density at radius 1 is 1.42 bits per heavy atom. The number of carbonyl (C=O) groups is 1. The van der Waals surface area contributed by atoms with Gasteiger partial charge in [0.1, 0.15) is 12.0 Å². The molecule has 124 valence electrons. The largest absolute Gasteiger partial charge is 0.465 e. The summed E-state index contributed by atoms with van der Waals surface area (Å²) >= 11 is 5.99. The third-order valence-corrected chi connectivity index (χ3v) is 4.18. The molecule has 1 heterocycles. The van der Waals surface area contributed by atoms with Gasteiger partial charge in [-0.05, 0) is 18.9 Å². The summed E-state index contributed by atoms with van der Waals surface area (Å²) in [6.45, 7) is 0. The quantitative estimate of drug-likeness (QED) is 0.645. The summed E-state index contributed by atoms with van der Waals surface area (Å²) < 4.78 is 14.4. The number of amides is 1. The molecule has 24 heavy (non-hydrogen) atoms. The molecule has 1 amide bonds. The first-order valence-corrected chi connectivity index (χ1v) is 7.32. The molecule has 3 rings (SSSR count). The molecule has 0 aliphatic heterocycles. The van der Waals surface area contributed by atoms with Crippen molar-refractivity contribution in [1.82, 2.24) is 10.3 Å². The Morgan fingerprint density at radius 2 is 2.12 bits per heavy atom. The molecule has 0 atom stereocenters. The van der Waals surface area contributed by atoms with E-state index >= 15 is 0 Å². The first-order valence-electron chi connectivity index (χ1n) is 6.94. The van der Waals surface area contributed by atoms with Gasteiger partial charge in [0.05, 0.1) is 21.2 Å². The van der Waals surface area contributed by atoms with Gasteiger partial charge in [-0.1, -0.05) is 23.7 Å². The molecule has 1 aliphatic carbocycles. The van der Waals surface area contributed by atoms with Gasteiger partial charge < -0.3 is 10.4 Å². The number of nitro groups is 1. The van der Waals surface area contributed by atoms with Crippen LogP contribution in [0, 0.1) is 15.9 Å². The third-order valence-electron chi connectivity index (χ3n) is 3.89. The predicted molar refractivity (Wildman–Crippen MR) is 83.4 cm³/mol. The standard InChI is InChI=1S/C15H11ClFN3O4/c16-11-6-9(20(23)24)7-18-13(11)8-1-2-10(12(17)5-8)15(3-4-15)19-14(21)22/h1-2,5-7,19H,3-4H2,(H,21,22). The molecule has 1 saturated carbocycles. The fourth-order valence-electron chi connectivity index (χ4n) is 2.58. The first-order chi connectivity index (χ1) is 11.3. The van der Waals surface area contributed by atoms with Crippen LogP contribution in [-0.2, 0) is 5.54 Å². The van der Waals surface area contributed by atoms with Crippen molar-refractivity contribution in [3.05, 3.63) is 57.0 Å². The fourth-order valence-corrected chi connectivity index (χ4v) is 2.85. The zero-order valence-electron chi connectivity index (χ0n) is 12.1. The number of hydrogen-bond donors (Lipinski definition) is 2. The van der Waals surface area contributed by atoms with Gasteiger partial charge in [-0.15, -0.1) is 0 Å². The molecule has 9 heteroatoms. The van der Waals surface area contributed by atoms with Crippen LogP contribution in [0.1, 0.15) is 18.4 Å². The average Bonchev–Trinajstić information content (AvgIpc) is 3.26. The molecule has 0 unspecified atom stereocenters. The van der Waals surface area contributed by atoms with Crippen LogP contribution >= 0.6 is 11.6 Å². The maximum Gasteiger partial charge on any atom is 0.405 e. The van der Waals surface area contributed by atoms with Gasteiger partial charge in [-0.2, -0.15) is 0 Å². The van der Waals surface area contributed by atoms with Crippen molar-refractivity contribution in [3.63, 3.8) is 0 Å². The van der Waals surface area contributed by atoms with Crippen molar-refractivity contribution in [1.29, 1.82) is 0 Å². The van der Waals surface area contributed by atoms with Crippen LogP contribution in [0.15, 0.2) is 30.5 Å². The number of halogens is 2. The monoisotopic (exact) mass is 351 g/mol. The van der Waals surface area contributed by atoms with Crippen molar-refractivity contribution < 1.29 is 19.2 Å². The molecule has 0 spiro atoms. The number of benzene rings is 1. The van der Waals surface area contributed by atoms with Gasteiger partial charge in [0.15, 0.2) is 0 Å². The number of nitrogens with one attached hydrogen (secondary N) is 1. The second kappa shape index (κ2) is 5.72. The lowest BCUT2D eigenvalue weighted by molar-refractivity contribution is -0.385. The summed E-state index contributed by atoms with van der Waals surface area (Å²) in [5, 5.41) is 21.9. The van der Waals surface area contributed by atoms with Crippen molar-refractivity contribution in [3.8, 4) is 11.3 Å². The summed E-state index contributed by atoms with van der Waals surface area (Å²) in [7, 11) is 0. The number of hydrogen-bond acceptors (Lipinski definition) is 4. The number of nitrogens with zero attached hydrogens (tertiary/aromatic N) is 2. The maximum atomic E-state index is 14.4.